The van der Waals surface area contributed by atoms with Gasteiger partial charge in [-0.15, -0.1) is 0 Å². The molecule has 0 radical (unpaired) electrons. The number of likely N-dealkylation sites (tertiary alicyclic amines) is 1. The molecule has 2 aromatic heterocycles. The summed E-state index contributed by atoms with van der Waals surface area (Å²) >= 11 is 0. The third-order valence-corrected chi connectivity index (χ3v) is 11.2. The highest BCUT2D eigenvalue weighted by Crippen LogP contribution is 2.36. The lowest BCUT2D eigenvalue weighted by Crippen LogP contribution is -2.51. The summed E-state index contributed by atoms with van der Waals surface area (Å²) in [6.45, 7) is 5.87. The molecule has 302 valence electrons. The molecule has 3 aliphatic heterocycles. The summed E-state index contributed by atoms with van der Waals surface area (Å²) < 4.78 is 15.7. The summed E-state index contributed by atoms with van der Waals surface area (Å²) in [5.41, 5.74) is 6.52. The largest absolute Gasteiger partial charge is 0.453 e. The number of benzene rings is 2. The van der Waals surface area contributed by atoms with Crippen LogP contribution in [0.3, 0.4) is 0 Å². The van der Waals surface area contributed by atoms with Gasteiger partial charge in [0.1, 0.15) is 23.7 Å². The first-order valence-corrected chi connectivity index (χ1v) is 19.9. The molecule has 0 aliphatic carbocycles. The molecule has 0 unspecified atom stereocenters. The van der Waals surface area contributed by atoms with Crippen molar-refractivity contribution in [3.63, 3.8) is 0 Å². The van der Waals surface area contributed by atoms with E-state index in [4.69, 9.17) is 19.2 Å². The van der Waals surface area contributed by atoms with E-state index in [1.54, 1.807) is 6.20 Å². The van der Waals surface area contributed by atoms with Gasteiger partial charge in [-0.2, -0.15) is 0 Å². The monoisotopic (exact) mass is 780 g/mol. The molecule has 2 aromatic carbocycles. The first kappa shape index (κ1) is 39.5. The number of aromatic amines is 2. The number of hydrogen-bond donors (Lipinski definition) is 4. The molecule has 5 heterocycles. The van der Waals surface area contributed by atoms with Crippen LogP contribution in [0.25, 0.3) is 33.6 Å². The number of nitrogens with one attached hydrogen (secondary N) is 4. The molecule has 4 amide bonds. The Morgan fingerprint density at radius 2 is 1.47 bits per heavy atom. The quantitative estimate of drug-likeness (QED) is 0.160. The predicted octanol–water partition coefficient (Wildman–Crippen LogP) is 6.27. The lowest BCUT2D eigenvalue weighted by molar-refractivity contribution is -0.135. The molecule has 15 heteroatoms. The molecule has 4 atom stereocenters. The van der Waals surface area contributed by atoms with Crippen molar-refractivity contribution in [3.8, 4) is 33.6 Å². The zero-order valence-corrected chi connectivity index (χ0v) is 33.0. The van der Waals surface area contributed by atoms with Crippen LogP contribution in [0, 0.1) is 5.92 Å². The third-order valence-electron chi connectivity index (χ3n) is 11.2. The Morgan fingerprint density at radius 3 is 2.18 bits per heavy atom. The molecule has 2 fully saturated rings. The molecular formula is C42H52N8O7. The molecule has 57 heavy (non-hydrogen) atoms. The second kappa shape index (κ2) is 17.6. The van der Waals surface area contributed by atoms with Crippen molar-refractivity contribution in [2.45, 2.75) is 89.6 Å². The number of carbonyl (C=O) groups excluding carboxylic acids is 4. The van der Waals surface area contributed by atoms with Gasteiger partial charge in [0.25, 0.3) is 0 Å². The van der Waals surface area contributed by atoms with Crippen molar-refractivity contribution < 1.29 is 33.4 Å². The highest BCUT2D eigenvalue weighted by Gasteiger charge is 2.38. The number of ether oxygens (including phenoxy) is 3. The Kier molecular flexibility index (Phi) is 12.2. The molecule has 4 N–H and O–H groups in total. The third kappa shape index (κ3) is 8.68. The van der Waals surface area contributed by atoms with Gasteiger partial charge in [-0.3, -0.25) is 9.59 Å². The molecule has 0 spiro atoms. The number of alkyl carbamates (subject to hydrolysis) is 2. The van der Waals surface area contributed by atoms with E-state index < -0.39 is 24.3 Å². The minimum absolute atomic E-state index is 0.108. The topological polar surface area (TPSA) is 184 Å². The number of carbonyl (C=O) groups is 4. The van der Waals surface area contributed by atoms with E-state index in [-0.39, 0.29) is 29.8 Å². The second-order valence-electron chi connectivity index (χ2n) is 15.3. The summed E-state index contributed by atoms with van der Waals surface area (Å²) in [5, 5.41) is 5.44. The lowest BCUT2D eigenvalue weighted by atomic mass is 10.0. The molecule has 15 nitrogen and oxygen atoms in total. The fourth-order valence-corrected chi connectivity index (χ4v) is 8.14. The normalized spacial score (nSPS) is 20.6. The number of methoxy groups -OCH3 is 2. The van der Waals surface area contributed by atoms with Crippen molar-refractivity contribution in [2.75, 3.05) is 33.9 Å². The van der Waals surface area contributed by atoms with E-state index in [1.807, 2.05) is 23.6 Å². The zero-order chi connectivity index (χ0) is 40.1. The van der Waals surface area contributed by atoms with Crippen molar-refractivity contribution in [2.24, 2.45) is 5.92 Å². The maximum Gasteiger partial charge on any atom is 0.407 e. The molecule has 4 aromatic rings. The van der Waals surface area contributed by atoms with Gasteiger partial charge in [-0.1, -0.05) is 62.4 Å². The molecule has 7 rings (SSSR count). The Hall–Kier alpha value is -5.70. The first-order valence-electron chi connectivity index (χ1n) is 19.9. The van der Waals surface area contributed by atoms with Crippen LogP contribution < -0.4 is 10.6 Å². The minimum Gasteiger partial charge on any atom is -0.453 e. The van der Waals surface area contributed by atoms with Crippen LogP contribution >= 0.6 is 0 Å². The smallest absolute Gasteiger partial charge is 0.407 e. The first-order chi connectivity index (χ1) is 27.6. The van der Waals surface area contributed by atoms with Crippen molar-refractivity contribution in [1.29, 1.82) is 0 Å². The summed E-state index contributed by atoms with van der Waals surface area (Å²) in [6.07, 6.45) is 5.78. The van der Waals surface area contributed by atoms with Crippen LogP contribution in [0.15, 0.2) is 54.7 Å². The lowest BCUT2D eigenvalue weighted by Gasteiger charge is -2.30. The van der Waals surface area contributed by atoms with E-state index >= 15 is 0 Å². The van der Waals surface area contributed by atoms with E-state index in [1.165, 1.54) is 14.2 Å². The fourth-order valence-electron chi connectivity index (χ4n) is 8.14. The Balaban J connectivity index is 1.06. The molecule has 2 saturated heterocycles. The average molecular weight is 781 g/mol. The summed E-state index contributed by atoms with van der Waals surface area (Å²) in [7, 11) is 2.59. The molecular weight excluding hydrogens is 729 g/mol. The zero-order valence-electron chi connectivity index (χ0n) is 33.0. The number of rotatable bonds is 8. The van der Waals surface area contributed by atoms with Gasteiger partial charge in [0, 0.05) is 25.3 Å². The van der Waals surface area contributed by atoms with E-state index in [9.17, 15) is 19.2 Å². The van der Waals surface area contributed by atoms with Gasteiger partial charge in [-0.25, -0.2) is 19.6 Å². The van der Waals surface area contributed by atoms with E-state index in [2.05, 4.69) is 74.1 Å². The standard InChI is InChI=1S/C42H52N8O7/c1-25(2)35(48-42(54)56-4)40(52)50-21-7-10-33(50)37-43-23-31(44-37)28-16-12-26(13-17-28)27-14-18-29(19-15-27)36-32-24-57-22-6-5-9-30(46-41(53)55-3)39(51)49-20-8-11-34(49)38(45-32)47-36/h12-19,23,25,30,33-35H,5-11,20-22,24H2,1-4H3,(H,43,44)(H,45,47)(H,46,53)(H,48,54)/t30-,33-,34-,35-/m0/s1. The van der Waals surface area contributed by atoms with Crippen LogP contribution in [-0.2, 0) is 30.4 Å². The van der Waals surface area contributed by atoms with Crippen LogP contribution in [0.1, 0.15) is 88.2 Å². The fraction of sp³-hybridized carbons (Fsp3) is 0.476. The number of nitrogens with zero attached hydrogens (tertiary/aromatic N) is 4. The Morgan fingerprint density at radius 1 is 0.807 bits per heavy atom. The number of amides is 4. The van der Waals surface area contributed by atoms with Gasteiger partial charge in [0.05, 0.1) is 56.2 Å². The van der Waals surface area contributed by atoms with Gasteiger partial charge < -0.3 is 44.6 Å². The van der Waals surface area contributed by atoms with Gasteiger partial charge in [-0.05, 0) is 67.6 Å². The summed E-state index contributed by atoms with van der Waals surface area (Å²) in [4.78, 5) is 71.7. The van der Waals surface area contributed by atoms with Gasteiger partial charge in [0.15, 0.2) is 0 Å². The van der Waals surface area contributed by atoms with Crippen LogP contribution in [0.4, 0.5) is 9.59 Å². The van der Waals surface area contributed by atoms with Gasteiger partial charge in [0.2, 0.25) is 11.8 Å². The second-order valence-corrected chi connectivity index (χ2v) is 15.3. The van der Waals surface area contributed by atoms with Crippen molar-refractivity contribution in [1.82, 2.24) is 40.4 Å². The van der Waals surface area contributed by atoms with E-state index in [0.29, 0.717) is 32.7 Å². The SMILES string of the molecule is COC(=O)N[C@H]1CCCCOCc2[nH]c(nc2-c2ccc(-c3ccc(-c4cnc([C@@H]5CCCN5C(=O)[C@@H](NC(=O)OC)C(C)C)[nH]4)cc3)cc2)[C@@H]2CCCN2C1=O. The number of H-pyrrole nitrogens is 2. The number of aromatic nitrogens is 4. The Bertz CT molecular complexity index is 2040. The predicted molar refractivity (Wildman–Crippen MR) is 211 cm³/mol. The maximum absolute atomic E-state index is 13.7. The number of fused-ring (bicyclic) bond motifs is 4. The van der Waals surface area contributed by atoms with Crippen LogP contribution in [0.2, 0.25) is 0 Å². The van der Waals surface area contributed by atoms with E-state index in [0.717, 1.165) is 89.5 Å². The Labute approximate surface area is 332 Å². The average Bonchev–Trinajstić information content (AvgIpc) is 4.06. The minimum atomic E-state index is -0.692. The molecule has 2 bridgehead atoms. The highest BCUT2D eigenvalue weighted by molar-refractivity contribution is 5.87. The summed E-state index contributed by atoms with van der Waals surface area (Å²) in [6, 6.07) is 14.7. The van der Waals surface area contributed by atoms with Gasteiger partial charge >= 0.3 is 12.2 Å². The maximum atomic E-state index is 13.7. The summed E-state index contributed by atoms with van der Waals surface area (Å²) in [5.74, 6) is 1.07. The number of imidazole rings is 2. The molecule has 0 saturated carbocycles. The van der Waals surface area contributed by atoms with Crippen molar-refractivity contribution >= 4 is 24.0 Å². The van der Waals surface area contributed by atoms with Crippen LogP contribution in [0.5, 0.6) is 0 Å². The van der Waals surface area contributed by atoms with Crippen molar-refractivity contribution in [3.05, 3.63) is 72.1 Å². The molecule has 3 aliphatic rings. The van der Waals surface area contributed by atoms with Crippen LogP contribution in [-0.4, -0.2) is 99.7 Å². The highest BCUT2D eigenvalue weighted by atomic mass is 16.5. The number of hydrogen-bond acceptors (Lipinski definition) is 9.